The molecule has 3 rings (SSSR count). The van der Waals surface area contributed by atoms with Crippen LogP contribution in [-0.2, 0) is 0 Å². The van der Waals surface area contributed by atoms with E-state index in [2.05, 4.69) is 42.1 Å². The number of hydrazine groups is 1. The van der Waals surface area contributed by atoms with E-state index in [-0.39, 0.29) is 5.91 Å². The van der Waals surface area contributed by atoms with E-state index in [0.717, 1.165) is 22.2 Å². The van der Waals surface area contributed by atoms with Gasteiger partial charge in [0.1, 0.15) is 0 Å². The third-order valence-corrected chi connectivity index (χ3v) is 4.71. The van der Waals surface area contributed by atoms with E-state index in [9.17, 15) is 4.79 Å². The van der Waals surface area contributed by atoms with E-state index >= 15 is 0 Å². The molecule has 6 heteroatoms. The highest BCUT2D eigenvalue weighted by molar-refractivity contribution is 7.80. The lowest BCUT2D eigenvalue weighted by molar-refractivity contribution is 0.0945. The Morgan fingerprint density at radius 3 is 2.46 bits per heavy atom. The minimum absolute atomic E-state index is 0.265. The van der Waals surface area contributed by atoms with E-state index in [1.54, 1.807) is 0 Å². The van der Waals surface area contributed by atoms with Crippen molar-refractivity contribution in [3.05, 3.63) is 65.7 Å². The van der Waals surface area contributed by atoms with Crippen LogP contribution in [0.1, 0.15) is 42.6 Å². The van der Waals surface area contributed by atoms with Crippen LogP contribution in [0.15, 0.2) is 54.6 Å². The molecule has 0 saturated heterocycles. The van der Waals surface area contributed by atoms with Crippen LogP contribution in [0, 0.1) is 0 Å². The number of amides is 1. The summed E-state index contributed by atoms with van der Waals surface area (Å²) in [5.41, 5.74) is 9.69. The van der Waals surface area contributed by atoms with Gasteiger partial charge in [-0.05, 0) is 42.8 Å². The van der Waals surface area contributed by atoms with Crippen LogP contribution in [0.25, 0.3) is 22.2 Å². The van der Waals surface area contributed by atoms with Crippen molar-refractivity contribution in [2.75, 3.05) is 6.54 Å². The minimum Gasteiger partial charge on any atom is -0.362 e. The van der Waals surface area contributed by atoms with Gasteiger partial charge in [0, 0.05) is 17.5 Å². The van der Waals surface area contributed by atoms with E-state index in [1.807, 2.05) is 49.4 Å². The lowest BCUT2D eigenvalue weighted by Gasteiger charge is -2.13. The maximum atomic E-state index is 12.8. The first kappa shape index (κ1) is 19.8. The first-order chi connectivity index (χ1) is 13.5. The minimum atomic E-state index is -0.265. The summed E-state index contributed by atoms with van der Waals surface area (Å²) in [6.07, 6.45) is 0. The first-order valence-electron chi connectivity index (χ1n) is 9.34. The molecule has 1 heterocycles. The number of hydrogen-bond acceptors (Lipinski definition) is 3. The molecule has 28 heavy (non-hydrogen) atoms. The van der Waals surface area contributed by atoms with Gasteiger partial charge in [-0.25, -0.2) is 4.98 Å². The van der Waals surface area contributed by atoms with Gasteiger partial charge in [-0.2, -0.15) is 0 Å². The topological polar surface area (TPSA) is 66.0 Å². The van der Waals surface area contributed by atoms with Crippen LogP contribution < -0.4 is 16.2 Å². The number of hydrogen-bond donors (Lipinski definition) is 3. The van der Waals surface area contributed by atoms with Crippen molar-refractivity contribution in [1.82, 2.24) is 21.2 Å². The lowest BCUT2D eigenvalue weighted by atomic mass is 9.99. The molecule has 0 aliphatic heterocycles. The van der Waals surface area contributed by atoms with Gasteiger partial charge >= 0.3 is 0 Å². The Morgan fingerprint density at radius 2 is 1.79 bits per heavy atom. The number of nitrogens with one attached hydrogen (secondary N) is 3. The van der Waals surface area contributed by atoms with Crippen molar-refractivity contribution in [1.29, 1.82) is 0 Å². The molecule has 3 N–H and O–H groups in total. The zero-order valence-electron chi connectivity index (χ0n) is 16.2. The molecule has 2 aromatic carbocycles. The number of nitrogens with zero attached hydrogens (tertiary/aromatic N) is 1. The van der Waals surface area contributed by atoms with Crippen LogP contribution in [0.5, 0.6) is 0 Å². The van der Waals surface area contributed by atoms with Gasteiger partial charge in [0.2, 0.25) is 0 Å². The SMILES string of the molecule is CCNC(=S)NNC(=O)c1cc(-c2ccc(C(C)C)cc2)nc2ccccc12. The summed E-state index contributed by atoms with van der Waals surface area (Å²) in [6, 6.07) is 17.7. The lowest BCUT2D eigenvalue weighted by Crippen LogP contribution is -2.46. The summed E-state index contributed by atoms with van der Waals surface area (Å²) < 4.78 is 0. The number of pyridine rings is 1. The van der Waals surface area contributed by atoms with Crippen molar-refractivity contribution in [3.63, 3.8) is 0 Å². The third kappa shape index (κ3) is 4.46. The van der Waals surface area contributed by atoms with E-state index < -0.39 is 0 Å². The maximum Gasteiger partial charge on any atom is 0.270 e. The summed E-state index contributed by atoms with van der Waals surface area (Å²) in [5.74, 6) is 0.200. The highest BCUT2D eigenvalue weighted by Crippen LogP contribution is 2.26. The Balaban J connectivity index is 1.97. The quantitative estimate of drug-likeness (QED) is 0.460. The summed E-state index contributed by atoms with van der Waals surface area (Å²) >= 11 is 5.10. The molecule has 144 valence electrons. The zero-order valence-corrected chi connectivity index (χ0v) is 17.1. The Hall–Kier alpha value is -2.99. The summed E-state index contributed by atoms with van der Waals surface area (Å²) in [5, 5.41) is 4.10. The highest BCUT2D eigenvalue weighted by Gasteiger charge is 2.14. The number of para-hydroxylation sites is 1. The van der Waals surface area contributed by atoms with Crippen LogP contribution in [0.3, 0.4) is 0 Å². The molecule has 0 atom stereocenters. The Kier molecular flexibility index (Phi) is 6.21. The predicted molar refractivity (Wildman–Crippen MR) is 118 cm³/mol. The van der Waals surface area contributed by atoms with Crippen molar-refractivity contribution < 1.29 is 4.79 Å². The smallest absolute Gasteiger partial charge is 0.270 e. The fraction of sp³-hybridized carbons (Fsp3) is 0.227. The molecule has 3 aromatic rings. The van der Waals surface area contributed by atoms with Gasteiger partial charge in [0.15, 0.2) is 5.11 Å². The molecule has 1 aromatic heterocycles. The summed E-state index contributed by atoms with van der Waals surface area (Å²) in [7, 11) is 0. The van der Waals surface area contributed by atoms with E-state index in [1.165, 1.54) is 5.56 Å². The monoisotopic (exact) mass is 392 g/mol. The van der Waals surface area contributed by atoms with Crippen LogP contribution in [-0.4, -0.2) is 22.5 Å². The van der Waals surface area contributed by atoms with Gasteiger partial charge in [0.25, 0.3) is 5.91 Å². The van der Waals surface area contributed by atoms with Gasteiger partial charge in [0.05, 0.1) is 16.8 Å². The second-order valence-corrected chi connectivity index (χ2v) is 7.20. The first-order valence-corrected chi connectivity index (χ1v) is 9.74. The number of thiocarbonyl (C=S) groups is 1. The van der Waals surface area contributed by atoms with E-state index in [0.29, 0.717) is 23.1 Å². The molecular weight excluding hydrogens is 368 g/mol. The molecule has 0 fully saturated rings. The number of benzene rings is 2. The fourth-order valence-corrected chi connectivity index (χ4v) is 3.13. The van der Waals surface area contributed by atoms with Gasteiger partial charge in [-0.1, -0.05) is 56.3 Å². The van der Waals surface area contributed by atoms with Crippen molar-refractivity contribution in [2.45, 2.75) is 26.7 Å². The predicted octanol–water partition coefficient (Wildman–Crippen LogP) is 4.15. The molecule has 1 amide bonds. The number of carbonyl (C=O) groups excluding carboxylic acids is 1. The second-order valence-electron chi connectivity index (χ2n) is 6.79. The van der Waals surface area contributed by atoms with Gasteiger partial charge in [-0.3, -0.25) is 15.6 Å². The largest absolute Gasteiger partial charge is 0.362 e. The van der Waals surface area contributed by atoms with Crippen molar-refractivity contribution in [2.24, 2.45) is 0 Å². The van der Waals surface area contributed by atoms with Gasteiger partial charge < -0.3 is 5.32 Å². The molecule has 0 aliphatic rings. The van der Waals surface area contributed by atoms with Crippen LogP contribution >= 0.6 is 12.2 Å². The second kappa shape index (κ2) is 8.80. The molecule has 0 radical (unpaired) electrons. The summed E-state index contributed by atoms with van der Waals surface area (Å²) in [4.78, 5) is 17.6. The Morgan fingerprint density at radius 1 is 1.07 bits per heavy atom. The van der Waals surface area contributed by atoms with Crippen LogP contribution in [0.2, 0.25) is 0 Å². The van der Waals surface area contributed by atoms with Crippen molar-refractivity contribution >= 4 is 34.1 Å². The maximum absolute atomic E-state index is 12.8. The molecule has 0 saturated carbocycles. The number of fused-ring (bicyclic) bond motifs is 1. The molecule has 0 unspecified atom stereocenters. The normalized spacial score (nSPS) is 10.7. The standard InChI is InChI=1S/C22H24N4OS/c1-4-23-22(28)26-25-21(27)18-13-20(24-19-8-6-5-7-17(18)19)16-11-9-15(10-12-16)14(2)3/h5-14H,4H2,1-3H3,(H,25,27)(H2,23,26,28). The summed E-state index contributed by atoms with van der Waals surface area (Å²) in [6.45, 7) is 6.94. The highest BCUT2D eigenvalue weighted by atomic mass is 32.1. The van der Waals surface area contributed by atoms with Crippen LogP contribution in [0.4, 0.5) is 0 Å². The number of aromatic nitrogens is 1. The number of rotatable bonds is 4. The Bertz CT molecular complexity index is 999. The number of carbonyl (C=O) groups is 1. The average molecular weight is 393 g/mol. The van der Waals surface area contributed by atoms with Crippen molar-refractivity contribution in [3.8, 4) is 11.3 Å². The molecule has 0 spiro atoms. The molecule has 0 aliphatic carbocycles. The average Bonchev–Trinajstić information content (AvgIpc) is 2.71. The molecular formula is C22H24N4OS. The zero-order chi connectivity index (χ0) is 20.1. The third-order valence-electron chi connectivity index (χ3n) is 4.46. The Labute approximate surface area is 170 Å². The molecule has 0 bridgehead atoms. The fourth-order valence-electron chi connectivity index (χ4n) is 2.94. The van der Waals surface area contributed by atoms with Gasteiger partial charge in [-0.15, -0.1) is 0 Å². The molecule has 5 nitrogen and oxygen atoms in total. The van der Waals surface area contributed by atoms with E-state index in [4.69, 9.17) is 17.2 Å².